The Morgan fingerprint density at radius 1 is 0.613 bits per heavy atom. The maximum atomic E-state index is 12.5. The minimum atomic E-state index is -3.92. The largest absolute Gasteiger partial charge is 0.278 e. The van der Waals surface area contributed by atoms with E-state index in [1.165, 1.54) is 30.4 Å². The van der Waals surface area contributed by atoms with Crippen molar-refractivity contribution in [2.24, 2.45) is 0 Å². The Labute approximate surface area is 187 Å². The van der Waals surface area contributed by atoms with E-state index < -0.39 is 20.0 Å². The van der Waals surface area contributed by atoms with Gasteiger partial charge in [-0.05, 0) is 41.5 Å². The van der Waals surface area contributed by atoms with E-state index in [9.17, 15) is 16.8 Å². The van der Waals surface area contributed by atoms with Gasteiger partial charge in [-0.15, -0.1) is 0 Å². The number of anilines is 2. The quantitative estimate of drug-likeness (QED) is 0.471. The van der Waals surface area contributed by atoms with Crippen molar-refractivity contribution in [2.45, 2.75) is 0 Å². The van der Waals surface area contributed by atoms with Gasteiger partial charge in [0, 0.05) is 5.02 Å². The highest BCUT2D eigenvalue weighted by Gasteiger charge is 2.14. The molecule has 0 atom stereocenters. The molecule has 0 fully saturated rings. The Morgan fingerprint density at radius 3 is 1.55 bits per heavy atom. The molecule has 31 heavy (non-hydrogen) atoms. The fourth-order valence-electron chi connectivity index (χ4n) is 2.53. The van der Waals surface area contributed by atoms with E-state index in [0.29, 0.717) is 11.1 Å². The second kappa shape index (κ2) is 9.82. The molecule has 3 rings (SSSR count). The summed E-state index contributed by atoms with van der Waals surface area (Å²) in [6, 6.07) is 22.0. The second-order valence-electron chi connectivity index (χ2n) is 6.41. The normalized spacial score (nSPS) is 12.3. The highest BCUT2D eigenvalue weighted by atomic mass is 35.5. The van der Waals surface area contributed by atoms with E-state index in [2.05, 4.69) is 9.44 Å². The van der Waals surface area contributed by atoms with Gasteiger partial charge in [-0.3, -0.25) is 9.44 Å². The molecular weight excluding hydrogens is 456 g/mol. The van der Waals surface area contributed by atoms with Gasteiger partial charge < -0.3 is 0 Å². The van der Waals surface area contributed by atoms with Gasteiger partial charge in [0.1, 0.15) is 0 Å². The van der Waals surface area contributed by atoms with Crippen LogP contribution in [-0.2, 0) is 20.0 Å². The molecule has 6 nitrogen and oxygen atoms in total. The van der Waals surface area contributed by atoms with E-state index in [1.54, 1.807) is 48.5 Å². The van der Waals surface area contributed by atoms with Gasteiger partial charge in [-0.25, -0.2) is 16.8 Å². The van der Waals surface area contributed by atoms with Crippen LogP contribution in [0.15, 0.2) is 89.7 Å². The van der Waals surface area contributed by atoms with E-state index >= 15 is 0 Å². The Morgan fingerprint density at radius 2 is 1.06 bits per heavy atom. The molecule has 0 spiro atoms. The first-order valence-electron chi connectivity index (χ1n) is 9.04. The maximum absolute atomic E-state index is 12.5. The molecule has 0 saturated carbocycles. The Balaban J connectivity index is 1.82. The molecule has 0 amide bonds. The number of benzene rings is 3. The van der Waals surface area contributed by atoms with Crippen molar-refractivity contribution >= 4 is 55.2 Å². The summed E-state index contributed by atoms with van der Waals surface area (Å²) in [5, 5.41) is 2.24. The van der Waals surface area contributed by atoms with Gasteiger partial charge in [0.25, 0.3) is 20.0 Å². The molecule has 0 heterocycles. The van der Waals surface area contributed by atoms with Gasteiger partial charge in [0.05, 0.1) is 22.2 Å². The summed E-state index contributed by atoms with van der Waals surface area (Å²) in [5.74, 6) is 0. The van der Waals surface area contributed by atoms with E-state index in [0.717, 1.165) is 10.8 Å². The number of hydrogen-bond acceptors (Lipinski definition) is 4. The predicted molar refractivity (Wildman–Crippen MR) is 127 cm³/mol. The van der Waals surface area contributed by atoms with Gasteiger partial charge in [0.15, 0.2) is 0 Å². The lowest BCUT2D eigenvalue weighted by molar-refractivity contribution is 0.607. The average Bonchev–Trinajstić information content (AvgIpc) is 2.74. The zero-order valence-corrected chi connectivity index (χ0v) is 18.5. The van der Waals surface area contributed by atoms with E-state index in [-0.39, 0.29) is 16.4 Å². The number of hydrogen-bond donors (Lipinski definition) is 2. The van der Waals surface area contributed by atoms with E-state index in [4.69, 9.17) is 11.6 Å². The lowest BCUT2D eigenvalue weighted by atomic mass is 10.2. The monoisotopic (exact) mass is 474 g/mol. The van der Waals surface area contributed by atoms with Crippen molar-refractivity contribution in [1.82, 2.24) is 0 Å². The summed E-state index contributed by atoms with van der Waals surface area (Å²) in [6.07, 6.45) is 2.87. The molecule has 0 bridgehead atoms. The van der Waals surface area contributed by atoms with Crippen LogP contribution in [0.4, 0.5) is 11.4 Å². The highest BCUT2D eigenvalue weighted by molar-refractivity contribution is 7.96. The van der Waals surface area contributed by atoms with Crippen molar-refractivity contribution in [3.05, 3.63) is 106 Å². The smallest absolute Gasteiger partial charge is 0.255 e. The van der Waals surface area contributed by atoms with Crippen LogP contribution < -0.4 is 9.44 Å². The highest BCUT2D eigenvalue weighted by Crippen LogP contribution is 2.28. The lowest BCUT2D eigenvalue weighted by Gasteiger charge is -2.12. The van der Waals surface area contributed by atoms with Crippen molar-refractivity contribution in [2.75, 3.05) is 9.44 Å². The van der Waals surface area contributed by atoms with Crippen LogP contribution in [0, 0.1) is 0 Å². The third-order valence-corrected chi connectivity index (χ3v) is 6.20. The van der Waals surface area contributed by atoms with Crippen molar-refractivity contribution in [1.29, 1.82) is 0 Å². The molecule has 3 aromatic carbocycles. The van der Waals surface area contributed by atoms with Gasteiger partial charge in [-0.2, -0.15) is 0 Å². The summed E-state index contributed by atoms with van der Waals surface area (Å²) in [6.45, 7) is 0. The minimum absolute atomic E-state index is 0.00176. The molecule has 0 saturated heterocycles. The van der Waals surface area contributed by atoms with Crippen LogP contribution >= 0.6 is 11.6 Å². The Hall–Kier alpha value is -3.07. The first kappa shape index (κ1) is 22.6. The van der Waals surface area contributed by atoms with Crippen LogP contribution in [0.2, 0.25) is 5.02 Å². The minimum Gasteiger partial charge on any atom is -0.278 e. The van der Waals surface area contributed by atoms with Gasteiger partial charge in [0.2, 0.25) is 0 Å². The first-order chi connectivity index (χ1) is 14.7. The lowest BCUT2D eigenvalue weighted by Crippen LogP contribution is -2.14. The SMILES string of the molecule is O=S(=O)(/C=C/c1ccccc1)Nc1ccc(Cl)cc1NS(=O)(=O)/C=C/c1ccccc1. The molecule has 2 N–H and O–H groups in total. The zero-order valence-electron chi connectivity index (χ0n) is 16.1. The first-order valence-corrected chi connectivity index (χ1v) is 12.5. The molecule has 0 radical (unpaired) electrons. The molecule has 9 heteroatoms. The van der Waals surface area contributed by atoms with Gasteiger partial charge in [-0.1, -0.05) is 72.3 Å². The number of rotatable bonds is 8. The summed E-state index contributed by atoms with van der Waals surface area (Å²) in [7, 11) is -7.83. The summed E-state index contributed by atoms with van der Waals surface area (Å²) >= 11 is 5.99. The number of sulfonamides is 2. The zero-order chi connectivity index (χ0) is 22.3. The molecule has 0 aliphatic rings. The topological polar surface area (TPSA) is 92.3 Å². The average molecular weight is 475 g/mol. The summed E-state index contributed by atoms with van der Waals surface area (Å²) in [4.78, 5) is 0. The number of nitrogens with one attached hydrogen (secondary N) is 2. The molecule has 3 aromatic rings. The molecular formula is C22H19ClN2O4S2. The predicted octanol–water partition coefficient (Wildman–Crippen LogP) is 5.17. The van der Waals surface area contributed by atoms with Crippen LogP contribution in [0.1, 0.15) is 11.1 Å². The molecule has 160 valence electrons. The summed E-state index contributed by atoms with van der Waals surface area (Å²) < 4.78 is 54.6. The third kappa shape index (κ3) is 7.29. The fraction of sp³-hybridized carbons (Fsp3) is 0. The second-order valence-corrected chi connectivity index (χ2v) is 9.98. The third-order valence-electron chi connectivity index (χ3n) is 3.96. The standard InChI is InChI=1S/C22H19ClN2O4S2/c23-20-11-12-21(24-30(26,27)15-13-18-7-3-1-4-8-18)22(17-20)25-31(28,29)16-14-19-9-5-2-6-10-19/h1-17,24-25H/b15-13+,16-14+. The van der Waals surface area contributed by atoms with E-state index in [1.807, 2.05) is 12.1 Å². The maximum Gasteiger partial charge on any atom is 0.255 e. The number of halogens is 1. The van der Waals surface area contributed by atoms with Crippen molar-refractivity contribution in [3.63, 3.8) is 0 Å². The van der Waals surface area contributed by atoms with Crippen LogP contribution in [-0.4, -0.2) is 16.8 Å². The van der Waals surface area contributed by atoms with Crippen LogP contribution in [0.5, 0.6) is 0 Å². The Bertz CT molecular complexity index is 1310. The molecule has 0 aliphatic heterocycles. The Kier molecular flexibility index (Phi) is 7.17. The van der Waals surface area contributed by atoms with Crippen LogP contribution in [0.3, 0.4) is 0 Å². The van der Waals surface area contributed by atoms with Gasteiger partial charge >= 0.3 is 0 Å². The van der Waals surface area contributed by atoms with Crippen molar-refractivity contribution < 1.29 is 16.8 Å². The summed E-state index contributed by atoms with van der Waals surface area (Å²) in [5.41, 5.74) is 1.45. The van der Waals surface area contributed by atoms with Crippen LogP contribution in [0.25, 0.3) is 12.2 Å². The molecule has 0 aromatic heterocycles. The fourth-order valence-corrected chi connectivity index (χ4v) is 4.47. The molecule has 0 aliphatic carbocycles. The van der Waals surface area contributed by atoms with Crippen molar-refractivity contribution in [3.8, 4) is 0 Å². The molecule has 0 unspecified atom stereocenters.